The molecule has 0 aliphatic rings. The van der Waals surface area contributed by atoms with E-state index in [-0.39, 0.29) is 16.9 Å². The summed E-state index contributed by atoms with van der Waals surface area (Å²) < 4.78 is 0. The highest BCUT2D eigenvalue weighted by Crippen LogP contribution is 2.04. The highest BCUT2D eigenvalue weighted by molar-refractivity contribution is 7.80. The Morgan fingerprint density at radius 2 is 1.38 bits per heavy atom. The Labute approximate surface area is 128 Å². The van der Waals surface area contributed by atoms with Gasteiger partial charge in [0.05, 0.1) is 0 Å². The number of carbonyl (C=O) groups excluding carboxylic acids is 2. The number of hydrogen-bond acceptors (Lipinski definition) is 3. The zero-order chi connectivity index (χ0) is 15.2. The van der Waals surface area contributed by atoms with Crippen LogP contribution < -0.4 is 5.32 Å². The van der Waals surface area contributed by atoms with Crippen molar-refractivity contribution < 1.29 is 9.59 Å². The van der Waals surface area contributed by atoms with Gasteiger partial charge in [0.2, 0.25) is 0 Å². The molecular weight excluding hydrogens is 284 g/mol. The second-order valence-corrected chi connectivity index (χ2v) is 4.74. The molecule has 2 aromatic rings. The zero-order valence-corrected chi connectivity index (χ0v) is 12.3. The van der Waals surface area contributed by atoms with E-state index in [9.17, 15) is 9.59 Å². The molecule has 21 heavy (non-hydrogen) atoms. The van der Waals surface area contributed by atoms with Gasteiger partial charge >= 0.3 is 0 Å². The van der Waals surface area contributed by atoms with E-state index in [4.69, 9.17) is 12.2 Å². The second kappa shape index (κ2) is 6.76. The molecule has 0 heterocycles. The molecule has 5 heteroatoms. The van der Waals surface area contributed by atoms with Crippen molar-refractivity contribution in [2.45, 2.75) is 0 Å². The smallest absolute Gasteiger partial charge is 0.259 e. The van der Waals surface area contributed by atoms with E-state index in [0.717, 1.165) is 0 Å². The van der Waals surface area contributed by atoms with Crippen LogP contribution in [0.15, 0.2) is 60.7 Å². The average molecular weight is 298 g/mol. The maximum atomic E-state index is 12.2. The number of hydrogen-bond donors (Lipinski definition) is 1. The van der Waals surface area contributed by atoms with E-state index in [2.05, 4.69) is 5.32 Å². The third kappa shape index (κ3) is 3.73. The summed E-state index contributed by atoms with van der Waals surface area (Å²) in [5.41, 5.74) is 0.997. The Bertz CT molecular complexity index is 656. The van der Waals surface area contributed by atoms with Crippen LogP contribution in [-0.4, -0.2) is 28.9 Å². The first-order valence-electron chi connectivity index (χ1n) is 6.33. The lowest BCUT2D eigenvalue weighted by atomic mass is 10.2. The molecule has 2 rings (SSSR count). The van der Waals surface area contributed by atoms with Crippen molar-refractivity contribution in [2.75, 3.05) is 7.05 Å². The van der Waals surface area contributed by atoms with E-state index < -0.39 is 0 Å². The van der Waals surface area contributed by atoms with Crippen LogP contribution in [0, 0.1) is 0 Å². The van der Waals surface area contributed by atoms with E-state index in [1.54, 1.807) is 48.5 Å². The van der Waals surface area contributed by atoms with Gasteiger partial charge in [-0.1, -0.05) is 36.4 Å². The summed E-state index contributed by atoms with van der Waals surface area (Å²) in [6, 6.07) is 17.5. The number of rotatable bonds is 2. The molecule has 0 saturated carbocycles. The minimum absolute atomic E-state index is 0.0673. The highest BCUT2D eigenvalue weighted by atomic mass is 32.1. The zero-order valence-electron chi connectivity index (χ0n) is 11.4. The van der Waals surface area contributed by atoms with Crippen LogP contribution in [-0.2, 0) is 0 Å². The van der Waals surface area contributed by atoms with Gasteiger partial charge in [-0.3, -0.25) is 19.8 Å². The van der Waals surface area contributed by atoms with Crippen molar-refractivity contribution in [3.8, 4) is 0 Å². The summed E-state index contributed by atoms with van der Waals surface area (Å²) in [7, 11) is 1.53. The molecule has 0 spiro atoms. The van der Waals surface area contributed by atoms with Gasteiger partial charge in [-0.25, -0.2) is 0 Å². The third-order valence-corrected chi connectivity index (χ3v) is 3.26. The maximum Gasteiger partial charge on any atom is 0.259 e. The molecule has 0 aliphatic heterocycles. The fraction of sp³-hybridized carbons (Fsp3) is 0.0625. The standard InChI is InChI=1S/C16H14N2O2S/c1-18(15(20)13-10-6-3-7-11-13)16(21)17-14(19)12-8-4-2-5-9-12/h2-11H,1H3,(H,17,19,21). The summed E-state index contributed by atoms with van der Waals surface area (Å²) >= 11 is 5.10. The van der Waals surface area contributed by atoms with E-state index >= 15 is 0 Å². The van der Waals surface area contributed by atoms with Crippen molar-refractivity contribution >= 4 is 29.1 Å². The van der Waals surface area contributed by atoms with Crippen LogP contribution in [0.4, 0.5) is 0 Å². The van der Waals surface area contributed by atoms with Gasteiger partial charge in [-0.15, -0.1) is 0 Å². The van der Waals surface area contributed by atoms with Crippen molar-refractivity contribution in [2.24, 2.45) is 0 Å². The molecule has 1 N–H and O–H groups in total. The summed E-state index contributed by atoms with van der Waals surface area (Å²) in [4.78, 5) is 25.4. The summed E-state index contributed by atoms with van der Waals surface area (Å²) in [6.07, 6.45) is 0. The highest BCUT2D eigenvalue weighted by Gasteiger charge is 2.17. The molecular formula is C16H14N2O2S. The Kier molecular flexibility index (Phi) is 4.79. The molecule has 0 fully saturated rings. The van der Waals surface area contributed by atoms with Gasteiger partial charge in [0, 0.05) is 18.2 Å². The Morgan fingerprint density at radius 3 is 1.90 bits per heavy atom. The molecule has 0 atom stereocenters. The number of nitrogens with zero attached hydrogens (tertiary/aromatic N) is 1. The van der Waals surface area contributed by atoms with Crippen LogP contribution >= 0.6 is 12.2 Å². The van der Waals surface area contributed by atoms with Crippen LogP contribution in [0.2, 0.25) is 0 Å². The predicted octanol–water partition coefficient (Wildman–Crippen LogP) is 2.47. The first kappa shape index (κ1) is 14.9. The summed E-state index contributed by atoms with van der Waals surface area (Å²) in [5.74, 6) is -0.609. The van der Waals surface area contributed by atoms with Gasteiger partial charge in [0.15, 0.2) is 5.11 Å². The lowest BCUT2D eigenvalue weighted by Crippen LogP contribution is -2.43. The first-order valence-corrected chi connectivity index (χ1v) is 6.74. The largest absolute Gasteiger partial charge is 0.299 e. The fourth-order valence-electron chi connectivity index (χ4n) is 1.71. The van der Waals surface area contributed by atoms with Crippen molar-refractivity contribution in [3.63, 3.8) is 0 Å². The van der Waals surface area contributed by atoms with Gasteiger partial charge in [0.25, 0.3) is 11.8 Å². The van der Waals surface area contributed by atoms with Gasteiger partial charge in [-0.2, -0.15) is 0 Å². The predicted molar refractivity (Wildman–Crippen MR) is 85.0 cm³/mol. The lowest BCUT2D eigenvalue weighted by Gasteiger charge is -2.18. The fourth-order valence-corrected chi connectivity index (χ4v) is 1.88. The third-order valence-electron chi connectivity index (χ3n) is 2.89. The van der Waals surface area contributed by atoms with Crippen molar-refractivity contribution in [1.82, 2.24) is 10.2 Å². The number of thiocarbonyl (C=S) groups is 1. The molecule has 0 radical (unpaired) electrons. The quantitative estimate of drug-likeness (QED) is 0.867. The van der Waals surface area contributed by atoms with Gasteiger partial charge in [0.1, 0.15) is 0 Å². The number of benzene rings is 2. The lowest BCUT2D eigenvalue weighted by molar-refractivity contribution is 0.0867. The van der Waals surface area contributed by atoms with Gasteiger partial charge in [-0.05, 0) is 36.5 Å². The molecule has 0 bridgehead atoms. The second-order valence-electron chi connectivity index (χ2n) is 4.36. The monoisotopic (exact) mass is 298 g/mol. The molecule has 0 aromatic heterocycles. The van der Waals surface area contributed by atoms with Crippen LogP contribution in [0.5, 0.6) is 0 Å². The Balaban J connectivity index is 2.03. The van der Waals surface area contributed by atoms with Gasteiger partial charge < -0.3 is 0 Å². The summed E-state index contributed by atoms with van der Waals surface area (Å²) in [5, 5.41) is 2.61. The SMILES string of the molecule is CN(C(=O)c1ccccc1)C(=S)NC(=O)c1ccccc1. The Morgan fingerprint density at radius 1 is 0.905 bits per heavy atom. The van der Waals surface area contributed by atoms with Crippen LogP contribution in [0.3, 0.4) is 0 Å². The number of nitrogens with one attached hydrogen (secondary N) is 1. The molecule has 2 amide bonds. The Hall–Kier alpha value is -2.53. The minimum atomic E-state index is -0.340. The number of carbonyl (C=O) groups is 2. The van der Waals surface area contributed by atoms with Crippen molar-refractivity contribution in [3.05, 3.63) is 71.8 Å². The molecule has 0 unspecified atom stereocenters. The van der Waals surface area contributed by atoms with Crippen molar-refractivity contribution in [1.29, 1.82) is 0 Å². The van der Waals surface area contributed by atoms with E-state index in [0.29, 0.717) is 11.1 Å². The van der Waals surface area contributed by atoms with Crippen LogP contribution in [0.25, 0.3) is 0 Å². The van der Waals surface area contributed by atoms with Crippen LogP contribution in [0.1, 0.15) is 20.7 Å². The van der Waals surface area contributed by atoms with E-state index in [1.807, 2.05) is 12.1 Å². The maximum absolute atomic E-state index is 12.2. The topological polar surface area (TPSA) is 49.4 Å². The molecule has 2 aromatic carbocycles. The summed E-state index contributed by atoms with van der Waals surface area (Å²) in [6.45, 7) is 0. The van der Waals surface area contributed by atoms with E-state index in [1.165, 1.54) is 11.9 Å². The minimum Gasteiger partial charge on any atom is -0.299 e. The molecule has 0 aliphatic carbocycles. The molecule has 0 saturated heterocycles. The first-order chi connectivity index (χ1) is 10.1. The normalized spacial score (nSPS) is 9.76. The average Bonchev–Trinajstić information content (AvgIpc) is 2.55. The molecule has 4 nitrogen and oxygen atoms in total. The molecule has 106 valence electrons. The number of amides is 2.